The van der Waals surface area contributed by atoms with Crippen molar-refractivity contribution in [2.24, 2.45) is 5.73 Å². The largest absolute Gasteiger partial charge is 0.328 e. The summed E-state index contributed by atoms with van der Waals surface area (Å²) in [6, 6.07) is 5.52. The number of fused-ring (bicyclic) bond motifs is 1. The Kier molecular flexibility index (Phi) is 2.82. The molecule has 0 bridgehead atoms. The summed E-state index contributed by atoms with van der Waals surface area (Å²) < 4.78 is 15.6. The summed E-state index contributed by atoms with van der Waals surface area (Å²) in [7, 11) is 0. The molecule has 1 unspecified atom stereocenters. The van der Waals surface area contributed by atoms with E-state index in [0.29, 0.717) is 6.04 Å². The maximum absolute atomic E-state index is 13.4. The van der Waals surface area contributed by atoms with Gasteiger partial charge in [0.15, 0.2) is 0 Å². The van der Waals surface area contributed by atoms with Crippen molar-refractivity contribution in [1.29, 1.82) is 0 Å². The van der Waals surface area contributed by atoms with Gasteiger partial charge in [-0.05, 0) is 44.4 Å². The molecule has 0 saturated heterocycles. The minimum absolute atomic E-state index is 0.175. The van der Waals surface area contributed by atoms with Crippen LogP contribution in [-0.2, 0) is 6.42 Å². The van der Waals surface area contributed by atoms with Crippen LogP contribution in [0.1, 0.15) is 38.1 Å². The normalized spacial score (nSPS) is 17.3. The van der Waals surface area contributed by atoms with E-state index in [-0.39, 0.29) is 11.9 Å². The van der Waals surface area contributed by atoms with Gasteiger partial charge in [0.1, 0.15) is 11.6 Å². The van der Waals surface area contributed by atoms with E-state index in [9.17, 15) is 4.39 Å². The average molecular weight is 247 g/mol. The van der Waals surface area contributed by atoms with Crippen molar-refractivity contribution in [2.45, 2.75) is 44.7 Å². The second-order valence-corrected chi connectivity index (χ2v) is 5.28. The summed E-state index contributed by atoms with van der Waals surface area (Å²) in [5, 5.41) is 0. The van der Waals surface area contributed by atoms with Gasteiger partial charge in [-0.2, -0.15) is 0 Å². The van der Waals surface area contributed by atoms with Crippen molar-refractivity contribution in [1.82, 2.24) is 9.55 Å². The third-order valence-corrected chi connectivity index (χ3v) is 3.46. The highest BCUT2D eigenvalue weighted by molar-refractivity contribution is 5.76. The summed E-state index contributed by atoms with van der Waals surface area (Å²) in [6.45, 7) is 2.00. The van der Waals surface area contributed by atoms with Gasteiger partial charge in [0.2, 0.25) is 0 Å². The predicted octanol–water partition coefficient (Wildman–Crippen LogP) is 2.79. The zero-order valence-electron chi connectivity index (χ0n) is 10.6. The number of nitrogens with two attached hydrogens (primary N) is 1. The number of benzene rings is 1. The first-order valence-electron chi connectivity index (χ1n) is 6.57. The first-order valence-corrected chi connectivity index (χ1v) is 6.57. The summed E-state index contributed by atoms with van der Waals surface area (Å²) in [6.07, 6.45) is 4.13. The molecule has 96 valence electrons. The fourth-order valence-corrected chi connectivity index (χ4v) is 2.39. The number of aryl methyl sites for hydroxylation is 1. The molecular weight excluding hydrogens is 229 g/mol. The van der Waals surface area contributed by atoms with Crippen LogP contribution in [0, 0.1) is 5.82 Å². The lowest BCUT2D eigenvalue weighted by molar-refractivity contribution is 0.611. The minimum Gasteiger partial charge on any atom is -0.328 e. The third kappa shape index (κ3) is 2.12. The second-order valence-electron chi connectivity index (χ2n) is 5.28. The highest BCUT2D eigenvalue weighted by Gasteiger charge is 2.28. The first-order chi connectivity index (χ1) is 8.65. The topological polar surface area (TPSA) is 43.8 Å². The van der Waals surface area contributed by atoms with E-state index < -0.39 is 0 Å². The van der Waals surface area contributed by atoms with Crippen molar-refractivity contribution in [3.05, 3.63) is 29.8 Å². The number of imidazole rings is 1. The molecule has 1 heterocycles. The maximum atomic E-state index is 13.4. The molecule has 3 rings (SSSR count). The van der Waals surface area contributed by atoms with Gasteiger partial charge in [0.05, 0.1) is 11.0 Å². The van der Waals surface area contributed by atoms with E-state index in [1.165, 1.54) is 18.9 Å². The summed E-state index contributed by atoms with van der Waals surface area (Å²) in [5.74, 6) is 0.860. The molecule has 1 aliphatic carbocycles. The summed E-state index contributed by atoms with van der Waals surface area (Å²) >= 11 is 0. The van der Waals surface area contributed by atoms with Gasteiger partial charge in [-0.1, -0.05) is 0 Å². The van der Waals surface area contributed by atoms with Crippen molar-refractivity contribution in [2.75, 3.05) is 0 Å². The fraction of sp³-hybridized carbons (Fsp3) is 0.500. The molecule has 18 heavy (non-hydrogen) atoms. The zero-order valence-corrected chi connectivity index (χ0v) is 10.6. The third-order valence-electron chi connectivity index (χ3n) is 3.46. The van der Waals surface area contributed by atoms with Crippen molar-refractivity contribution >= 4 is 11.0 Å². The molecule has 3 nitrogen and oxygen atoms in total. The molecule has 0 spiro atoms. The van der Waals surface area contributed by atoms with Crippen LogP contribution in [0.25, 0.3) is 11.0 Å². The van der Waals surface area contributed by atoms with Crippen LogP contribution in [0.4, 0.5) is 4.39 Å². The van der Waals surface area contributed by atoms with Gasteiger partial charge < -0.3 is 10.3 Å². The molecule has 2 N–H and O–H groups in total. The Bertz CT molecular complexity index is 570. The van der Waals surface area contributed by atoms with Gasteiger partial charge in [0.25, 0.3) is 0 Å². The number of hydrogen-bond donors (Lipinski definition) is 1. The van der Waals surface area contributed by atoms with Crippen LogP contribution in [0.15, 0.2) is 18.2 Å². The average Bonchev–Trinajstić information content (AvgIpc) is 3.08. The Balaban J connectivity index is 2.04. The molecule has 2 aromatic rings. The van der Waals surface area contributed by atoms with E-state index in [1.807, 2.05) is 6.92 Å². The van der Waals surface area contributed by atoms with E-state index in [0.717, 1.165) is 29.7 Å². The zero-order chi connectivity index (χ0) is 12.7. The molecular formula is C14H18FN3. The van der Waals surface area contributed by atoms with E-state index >= 15 is 0 Å². The van der Waals surface area contributed by atoms with Crippen LogP contribution in [0.5, 0.6) is 0 Å². The molecule has 1 saturated carbocycles. The minimum atomic E-state index is -0.192. The van der Waals surface area contributed by atoms with Crippen LogP contribution < -0.4 is 5.73 Å². The fourth-order valence-electron chi connectivity index (χ4n) is 2.39. The lowest BCUT2D eigenvalue weighted by Crippen LogP contribution is -2.16. The smallest absolute Gasteiger partial charge is 0.125 e. The quantitative estimate of drug-likeness (QED) is 0.902. The monoisotopic (exact) mass is 247 g/mol. The molecule has 4 heteroatoms. The van der Waals surface area contributed by atoms with Crippen molar-refractivity contribution in [3.63, 3.8) is 0 Å². The highest BCUT2D eigenvalue weighted by Crippen LogP contribution is 2.39. The van der Waals surface area contributed by atoms with Crippen LogP contribution in [0.2, 0.25) is 0 Å². The molecule has 1 aromatic carbocycles. The van der Waals surface area contributed by atoms with Crippen LogP contribution >= 0.6 is 0 Å². The Morgan fingerprint density at radius 3 is 2.94 bits per heavy atom. The Morgan fingerprint density at radius 1 is 1.50 bits per heavy atom. The number of aromatic nitrogens is 2. The maximum Gasteiger partial charge on any atom is 0.125 e. The molecule has 0 aliphatic heterocycles. The lowest BCUT2D eigenvalue weighted by Gasteiger charge is -2.08. The molecule has 1 aliphatic rings. The Hall–Kier alpha value is -1.42. The molecule has 1 atom stereocenters. The van der Waals surface area contributed by atoms with Crippen molar-refractivity contribution < 1.29 is 4.39 Å². The van der Waals surface area contributed by atoms with Crippen molar-refractivity contribution in [3.8, 4) is 0 Å². The second kappa shape index (κ2) is 4.35. The summed E-state index contributed by atoms with van der Waals surface area (Å²) in [5.41, 5.74) is 7.62. The number of halogens is 1. The number of nitrogens with zero attached hydrogens (tertiary/aromatic N) is 2. The van der Waals surface area contributed by atoms with Crippen LogP contribution in [0.3, 0.4) is 0 Å². The van der Waals surface area contributed by atoms with Gasteiger partial charge in [-0.25, -0.2) is 9.37 Å². The van der Waals surface area contributed by atoms with Gasteiger partial charge in [-0.15, -0.1) is 0 Å². The molecule has 0 amide bonds. The van der Waals surface area contributed by atoms with E-state index in [4.69, 9.17) is 5.73 Å². The van der Waals surface area contributed by atoms with Gasteiger partial charge >= 0.3 is 0 Å². The first kappa shape index (κ1) is 11.7. The number of rotatable bonds is 4. The van der Waals surface area contributed by atoms with Gasteiger partial charge in [-0.3, -0.25) is 0 Å². The highest BCUT2D eigenvalue weighted by atomic mass is 19.1. The summed E-state index contributed by atoms with van der Waals surface area (Å²) in [4.78, 5) is 4.63. The van der Waals surface area contributed by atoms with Gasteiger partial charge in [0, 0.05) is 18.5 Å². The predicted molar refractivity (Wildman–Crippen MR) is 69.9 cm³/mol. The van der Waals surface area contributed by atoms with E-state index in [2.05, 4.69) is 9.55 Å². The number of hydrogen-bond acceptors (Lipinski definition) is 2. The van der Waals surface area contributed by atoms with E-state index in [1.54, 1.807) is 12.1 Å². The molecule has 0 radical (unpaired) electrons. The standard InChI is InChI=1S/C14H18FN3/c1-9(16)2-7-14-17-12-6-3-10(15)8-13(12)18(14)11-4-5-11/h3,6,8-9,11H,2,4-5,7,16H2,1H3. The Morgan fingerprint density at radius 2 is 2.28 bits per heavy atom. The SMILES string of the molecule is CC(N)CCc1nc2ccc(F)cc2n1C1CC1. The molecule has 1 fully saturated rings. The molecule has 1 aromatic heterocycles. The lowest BCUT2D eigenvalue weighted by atomic mass is 10.2. The Labute approximate surface area is 106 Å². The van der Waals surface area contributed by atoms with Crippen LogP contribution in [-0.4, -0.2) is 15.6 Å².